The molecule has 0 bridgehead atoms. The van der Waals surface area contributed by atoms with E-state index in [-0.39, 0.29) is 0 Å². The van der Waals surface area contributed by atoms with E-state index in [1.165, 1.54) is 11.3 Å². The molecular weight excluding hydrogens is 312 g/mol. The standard InChI is InChI=1S/C13H16N2O2S3/c1-18-11-4-2-10(3-5-11)15-20(16,17)13-7-6-12(19-13)8-9-14/h2-7,15H,8-9,14H2,1H3. The van der Waals surface area contributed by atoms with Gasteiger partial charge in [-0.25, -0.2) is 8.42 Å². The van der Waals surface area contributed by atoms with Crippen molar-refractivity contribution in [3.63, 3.8) is 0 Å². The number of benzene rings is 1. The van der Waals surface area contributed by atoms with Gasteiger partial charge in [-0.05, 0) is 55.6 Å². The van der Waals surface area contributed by atoms with Crippen LogP contribution in [0.1, 0.15) is 4.88 Å². The van der Waals surface area contributed by atoms with Crippen LogP contribution in [0.25, 0.3) is 0 Å². The van der Waals surface area contributed by atoms with Gasteiger partial charge in [0.05, 0.1) is 0 Å². The van der Waals surface area contributed by atoms with Gasteiger partial charge < -0.3 is 5.73 Å². The van der Waals surface area contributed by atoms with Crippen LogP contribution in [0.2, 0.25) is 0 Å². The van der Waals surface area contributed by atoms with Gasteiger partial charge in [-0.3, -0.25) is 4.72 Å². The summed E-state index contributed by atoms with van der Waals surface area (Å²) in [4.78, 5) is 2.07. The fourth-order valence-corrected chi connectivity index (χ4v) is 4.48. The monoisotopic (exact) mass is 328 g/mol. The quantitative estimate of drug-likeness (QED) is 0.800. The van der Waals surface area contributed by atoms with Crippen molar-refractivity contribution in [3.8, 4) is 0 Å². The van der Waals surface area contributed by atoms with E-state index in [0.717, 1.165) is 9.77 Å². The molecule has 0 atom stereocenters. The van der Waals surface area contributed by atoms with Crippen LogP contribution in [-0.2, 0) is 16.4 Å². The highest BCUT2D eigenvalue weighted by Gasteiger charge is 2.16. The van der Waals surface area contributed by atoms with Gasteiger partial charge in [-0.1, -0.05) is 0 Å². The Morgan fingerprint density at radius 2 is 1.90 bits per heavy atom. The second-order valence-electron chi connectivity index (χ2n) is 4.09. The molecule has 1 aromatic heterocycles. The summed E-state index contributed by atoms with van der Waals surface area (Å²) in [6.45, 7) is 0.517. The highest BCUT2D eigenvalue weighted by Crippen LogP contribution is 2.25. The van der Waals surface area contributed by atoms with Gasteiger partial charge in [-0.15, -0.1) is 23.1 Å². The number of anilines is 1. The minimum Gasteiger partial charge on any atom is -0.330 e. The van der Waals surface area contributed by atoms with Crippen molar-refractivity contribution in [2.24, 2.45) is 5.73 Å². The van der Waals surface area contributed by atoms with Crippen LogP contribution in [0.15, 0.2) is 45.5 Å². The molecule has 0 aliphatic carbocycles. The molecule has 0 radical (unpaired) electrons. The van der Waals surface area contributed by atoms with Crippen LogP contribution in [0, 0.1) is 0 Å². The average Bonchev–Trinajstić information content (AvgIpc) is 2.89. The van der Waals surface area contributed by atoms with Crippen molar-refractivity contribution in [2.75, 3.05) is 17.5 Å². The Hall–Kier alpha value is -1.02. The van der Waals surface area contributed by atoms with Gasteiger partial charge in [0.25, 0.3) is 10.0 Å². The molecule has 108 valence electrons. The Labute approximate surface area is 127 Å². The molecule has 20 heavy (non-hydrogen) atoms. The summed E-state index contributed by atoms with van der Waals surface area (Å²) in [5.74, 6) is 0. The van der Waals surface area contributed by atoms with E-state index in [0.29, 0.717) is 22.9 Å². The molecule has 1 aromatic carbocycles. The molecule has 2 aromatic rings. The number of rotatable bonds is 6. The van der Waals surface area contributed by atoms with Crippen molar-refractivity contribution in [2.45, 2.75) is 15.5 Å². The molecule has 3 N–H and O–H groups in total. The molecule has 0 aliphatic heterocycles. The van der Waals surface area contributed by atoms with Crippen molar-refractivity contribution < 1.29 is 8.42 Å². The zero-order chi connectivity index (χ0) is 14.6. The Morgan fingerprint density at radius 1 is 1.20 bits per heavy atom. The molecule has 0 saturated heterocycles. The van der Waals surface area contributed by atoms with Crippen molar-refractivity contribution >= 4 is 38.8 Å². The van der Waals surface area contributed by atoms with E-state index in [1.54, 1.807) is 30.0 Å². The Bertz CT molecular complexity index is 663. The zero-order valence-corrected chi connectivity index (χ0v) is 13.4. The van der Waals surface area contributed by atoms with Crippen LogP contribution < -0.4 is 10.5 Å². The van der Waals surface area contributed by atoms with Gasteiger partial charge in [0, 0.05) is 15.5 Å². The zero-order valence-electron chi connectivity index (χ0n) is 11.0. The molecule has 0 fully saturated rings. The number of nitrogens with one attached hydrogen (secondary N) is 1. The smallest absolute Gasteiger partial charge is 0.271 e. The van der Waals surface area contributed by atoms with Gasteiger partial charge in [0.1, 0.15) is 4.21 Å². The molecular formula is C13H16N2O2S3. The average molecular weight is 328 g/mol. The third kappa shape index (κ3) is 3.76. The summed E-state index contributed by atoms with van der Waals surface area (Å²) in [6.07, 6.45) is 2.67. The van der Waals surface area contributed by atoms with E-state index in [9.17, 15) is 8.42 Å². The van der Waals surface area contributed by atoms with Crippen LogP contribution in [0.5, 0.6) is 0 Å². The first-order chi connectivity index (χ1) is 9.55. The highest BCUT2D eigenvalue weighted by atomic mass is 32.2. The van der Waals surface area contributed by atoms with Crippen molar-refractivity contribution in [1.82, 2.24) is 0 Å². The maximum atomic E-state index is 12.2. The minimum atomic E-state index is -3.51. The molecule has 7 heteroatoms. The first-order valence-corrected chi connectivity index (χ1v) is 9.53. The summed E-state index contributed by atoms with van der Waals surface area (Å²) < 4.78 is 27.4. The first kappa shape index (κ1) is 15.4. The van der Waals surface area contributed by atoms with E-state index in [4.69, 9.17) is 5.73 Å². The van der Waals surface area contributed by atoms with Crippen LogP contribution in [0.3, 0.4) is 0 Å². The van der Waals surface area contributed by atoms with Crippen LogP contribution >= 0.6 is 23.1 Å². The predicted molar refractivity (Wildman–Crippen MR) is 86.1 cm³/mol. The lowest BCUT2D eigenvalue weighted by molar-refractivity contribution is 0.603. The third-order valence-corrected chi connectivity index (χ3v) is 6.40. The maximum Gasteiger partial charge on any atom is 0.271 e. The molecule has 0 saturated carbocycles. The molecule has 2 rings (SSSR count). The van der Waals surface area contributed by atoms with Crippen molar-refractivity contribution in [1.29, 1.82) is 0 Å². The number of hydrogen-bond acceptors (Lipinski definition) is 5. The second-order valence-corrected chi connectivity index (χ2v) is 8.05. The number of thioether (sulfide) groups is 1. The summed E-state index contributed by atoms with van der Waals surface area (Å²) in [5.41, 5.74) is 6.04. The second kappa shape index (κ2) is 6.62. The molecule has 0 spiro atoms. The Morgan fingerprint density at radius 3 is 2.50 bits per heavy atom. The summed E-state index contributed by atoms with van der Waals surface area (Å²) in [6, 6.07) is 10.7. The van der Waals surface area contributed by atoms with Crippen LogP contribution in [0.4, 0.5) is 5.69 Å². The number of hydrogen-bond donors (Lipinski definition) is 2. The van der Waals surface area contributed by atoms with E-state index >= 15 is 0 Å². The van der Waals surface area contributed by atoms with Crippen LogP contribution in [-0.4, -0.2) is 21.2 Å². The fraction of sp³-hybridized carbons (Fsp3) is 0.231. The number of nitrogens with two attached hydrogens (primary N) is 1. The summed E-state index contributed by atoms with van der Waals surface area (Å²) in [7, 11) is -3.51. The van der Waals surface area contributed by atoms with E-state index in [2.05, 4.69) is 4.72 Å². The lowest BCUT2D eigenvalue weighted by atomic mass is 10.3. The number of thiophene rings is 1. The summed E-state index contributed by atoms with van der Waals surface area (Å²) in [5, 5.41) is 0. The lowest BCUT2D eigenvalue weighted by Crippen LogP contribution is -2.11. The summed E-state index contributed by atoms with van der Waals surface area (Å²) >= 11 is 2.87. The maximum absolute atomic E-state index is 12.2. The largest absolute Gasteiger partial charge is 0.330 e. The highest BCUT2D eigenvalue weighted by molar-refractivity contribution is 7.98. The van der Waals surface area contributed by atoms with Crippen molar-refractivity contribution in [3.05, 3.63) is 41.3 Å². The molecule has 4 nitrogen and oxygen atoms in total. The molecule has 1 heterocycles. The Kier molecular flexibility index (Phi) is 5.09. The number of sulfonamides is 1. The van der Waals surface area contributed by atoms with Gasteiger partial charge in [-0.2, -0.15) is 0 Å². The molecule has 0 aliphatic rings. The first-order valence-electron chi connectivity index (χ1n) is 6.01. The van der Waals surface area contributed by atoms with Gasteiger partial charge >= 0.3 is 0 Å². The predicted octanol–water partition coefficient (Wildman–Crippen LogP) is 2.77. The molecule has 0 unspecified atom stereocenters. The lowest BCUT2D eigenvalue weighted by Gasteiger charge is -2.06. The van der Waals surface area contributed by atoms with Gasteiger partial charge in [0.15, 0.2) is 0 Å². The van der Waals surface area contributed by atoms with Gasteiger partial charge in [0.2, 0.25) is 0 Å². The van der Waals surface area contributed by atoms with E-state index < -0.39 is 10.0 Å². The Balaban J connectivity index is 2.16. The normalized spacial score (nSPS) is 11.5. The fourth-order valence-electron chi connectivity index (χ4n) is 1.64. The van der Waals surface area contributed by atoms with E-state index in [1.807, 2.05) is 24.5 Å². The third-order valence-electron chi connectivity index (χ3n) is 2.63. The molecule has 0 amide bonds. The minimum absolute atomic E-state index is 0.315. The topological polar surface area (TPSA) is 72.2 Å². The SMILES string of the molecule is CSc1ccc(NS(=O)(=O)c2ccc(CCN)s2)cc1.